The maximum absolute atomic E-state index is 12.7. The van der Waals surface area contributed by atoms with Crippen LogP contribution >= 0.6 is 11.6 Å². The van der Waals surface area contributed by atoms with Gasteiger partial charge in [-0.2, -0.15) is 4.31 Å². The number of hydrogen-bond donors (Lipinski definition) is 0. The zero-order valence-electron chi connectivity index (χ0n) is 13.8. The summed E-state index contributed by atoms with van der Waals surface area (Å²) in [5, 5.41) is 0.502. The van der Waals surface area contributed by atoms with E-state index in [9.17, 15) is 13.2 Å². The highest BCUT2D eigenvalue weighted by molar-refractivity contribution is 7.89. The Labute approximate surface area is 143 Å². The molecular formula is C16H23ClN2O3S. The Bertz CT molecular complexity index is 666. The molecular weight excluding hydrogens is 336 g/mol. The number of nitrogens with zero attached hydrogens (tertiary/aromatic N) is 2. The van der Waals surface area contributed by atoms with Crippen molar-refractivity contribution in [3.05, 3.63) is 29.3 Å². The van der Waals surface area contributed by atoms with E-state index in [4.69, 9.17) is 11.6 Å². The van der Waals surface area contributed by atoms with Crippen LogP contribution in [-0.4, -0.2) is 49.7 Å². The normalized spacial score (nSPS) is 17.8. The summed E-state index contributed by atoms with van der Waals surface area (Å²) in [6.45, 7) is 7.37. The molecule has 0 N–H and O–H groups in total. The fraction of sp³-hybridized carbons (Fsp3) is 0.562. The quantitative estimate of drug-likeness (QED) is 0.816. The van der Waals surface area contributed by atoms with Gasteiger partial charge in [-0.3, -0.25) is 4.79 Å². The Balaban J connectivity index is 2.14. The Hall–Kier alpha value is -1.11. The zero-order valence-corrected chi connectivity index (χ0v) is 15.3. The fourth-order valence-electron chi connectivity index (χ4n) is 2.57. The summed E-state index contributed by atoms with van der Waals surface area (Å²) < 4.78 is 26.9. The number of benzene rings is 1. The molecule has 1 heterocycles. The van der Waals surface area contributed by atoms with Crippen molar-refractivity contribution < 1.29 is 13.2 Å². The van der Waals surface area contributed by atoms with E-state index in [1.165, 1.54) is 16.4 Å². The van der Waals surface area contributed by atoms with Crippen molar-refractivity contribution in [3.63, 3.8) is 0 Å². The standard InChI is InChI=1S/C16H23ClN2O3S/c1-16(2,3)15(20)18-9-4-10-19(12-11-18)23(21,22)14-7-5-13(17)6-8-14/h5-8H,4,9-12H2,1-3H3. The summed E-state index contributed by atoms with van der Waals surface area (Å²) in [6, 6.07) is 6.17. The van der Waals surface area contributed by atoms with E-state index < -0.39 is 15.4 Å². The van der Waals surface area contributed by atoms with Crippen molar-refractivity contribution in [2.75, 3.05) is 26.2 Å². The molecule has 1 aromatic carbocycles. The molecule has 1 aromatic rings. The van der Waals surface area contributed by atoms with E-state index in [0.29, 0.717) is 37.6 Å². The van der Waals surface area contributed by atoms with Crippen LogP contribution in [0.2, 0.25) is 5.02 Å². The zero-order chi connectivity index (χ0) is 17.3. The van der Waals surface area contributed by atoms with Gasteiger partial charge in [0.05, 0.1) is 4.90 Å². The number of amides is 1. The van der Waals surface area contributed by atoms with Crippen LogP contribution in [0.15, 0.2) is 29.2 Å². The Morgan fingerprint density at radius 3 is 2.22 bits per heavy atom. The highest BCUT2D eigenvalue weighted by atomic mass is 35.5. The van der Waals surface area contributed by atoms with E-state index in [2.05, 4.69) is 0 Å². The van der Waals surface area contributed by atoms with Crippen LogP contribution in [0.25, 0.3) is 0 Å². The third-order valence-electron chi connectivity index (χ3n) is 3.84. The van der Waals surface area contributed by atoms with Crippen LogP contribution in [0, 0.1) is 5.41 Å². The number of sulfonamides is 1. The van der Waals surface area contributed by atoms with Crippen LogP contribution in [-0.2, 0) is 14.8 Å². The molecule has 23 heavy (non-hydrogen) atoms. The summed E-state index contributed by atoms with van der Waals surface area (Å²) in [5.41, 5.74) is -0.454. The molecule has 0 saturated carbocycles. The fourth-order valence-corrected chi connectivity index (χ4v) is 4.16. The van der Waals surface area contributed by atoms with Gasteiger partial charge in [0, 0.05) is 36.6 Å². The third kappa shape index (κ3) is 4.25. The summed E-state index contributed by atoms with van der Waals surface area (Å²) >= 11 is 5.82. The van der Waals surface area contributed by atoms with Crippen molar-refractivity contribution in [1.82, 2.24) is 9.21 Å². The van der Waals surface area contributed by atoms with Gasteiger partial charge < -0.3 is 4.90 Å². The van der Waals surface area contributed by atoms with E-state index in [-0.39, 0.29) is 10.8 Å². The van der Waals surface area contributed by atoms with Gasteiger partial charge in [0.25, 0.3) is 0 Å². The summed E-state index contributed by atoms with van der Waals surface area (Å²) in [7, 11) is -3.55. The van der Waals surface area contributed by atoms with Gasteiger partial charge in [0.2, 0.25) is 15.9 Å². The van der Waals surface area contributed by atoms with E-state index in [0.717, 1.165) is 0 Å². The molecule has 1 saturated heterocycles. The highest BCUT2D eigenvalue weighted by Gasteiger charge is 2.31. The largest absolute Gasteiger partial charge is 0.341 e. The van der Waals surface area contributed by atoms with Gasteiger partial charge in [0.15, 0.2) is 0 Å². The summed E-state index contributed by atoms with van der Waals surface area (Å²) in [6.07, 6.45) is 0.634. The molecule has 0 aromatic heterocycles. The third-order valence-corrected chi connectivity index (χ3v) is 6.00. The molecule has 0 spiro atoms. The Kier molecular flexibility index (Phi) is 5.38. The van der Waals surface area contributed by atoms with E-state index in [1.807, 2.05) is 20.8 Å². The second-order valence-corrected chi connectivity index (χ2v) is 9.13. The summed E-state index contributed by atoms with van der Waals surface area (Å²) in [4.78, 5) is 14.4. The molecule has 0 aliphatic carbocycles. The predicted octanol–water partition coefficient (Wildman–Crippen LogP) is 2.61. The lowest BCUT2D eigenvalue weighted by Gasteiger charge is -2.28. The number of hydrogen-bond acceptors (Lipinski definition) is 3. The lowest BCUT2D eigenvalue weighted by atomic mass is 9.94. The smallest absolute Gasteiger partial charge is 0.243 e. The van der Waals surface area contributed by atoms with Crippen molar-refractivity contribution in [2.45, 2.75) is 32.1 Å². The first-order valence-corrected chi connectivity index (χ1v) is 9.49. The number of carbonyl (C=O) groups excluding carboxylic acids is 1. The maximum Gasteiger partial charge on any atom is 0.243 e. The van der Waals surface area contributed by atoms with Gasteiger partial charge in [-0.25, -0.2) is 8.42 Å². The molecule has 128 valence electrons. The van der Waals surface area contributed by atoms with Crippen molar-refractivity contribution in [1.29, 1.82) is 0 Å². The molecule has 2 rings (SSSR count). The molecule has 1 aliphatic heterocycles. The second-order valence-electron chi connectivity index (χ2n) is 6.75. The Morgan fingerprint density at radius 2 is 1.65 bits per heavy atom. The molecule has 1 amide bonds. The van der Waals surface area contributed by atoms with Crippen LogP contribution in [0.3, 0.4) is 0 Å². The average molecular weight is 359 g/mol. The number of halogens is 1. The minimum atomic E-state index is -3.55. The second kappa shape index (κ2) is 6.79. The molecule has 5 nitrogen and oxygen atoms in total. The molecule has 0 bridgehead atoms. The van der Waals surface area contributed by atoms with Gasteiger partial charge in [-0.1, -0.05) is 32.4 Å². The first-order valence-electron chi connectivity index (χ1n) is 7.67. The highest BCUT2D eigenvalue weighted by Crippen LogP contribution is 2.22. The lowest BCUT2D eigenvalue weighted by Crippen LogP contribution is -2.42. The van der Waals surface area contributed by atoms with Gasteiger partial charge >= 0.3 is 0 Å². The van der Waals surface area contributed by atoms with Crippen LogP contribution in [0.1, 0.15) is 27.2 Å². The molecule has 1 fully saturated rings. The van der Waals surface area contributed by atoms with Gasteiger partial charge in [0.1, 0.15) is 0 Å². The van der Waals surface area contributed by atoms with Crippen molar-refractivity contribution in [2.24, 2.45) is 5.41 Å². The first kappa shape index (κ1) is 18.2. The van der Waals surface area contributed by atoms with E-state index in [1.54, 1.807) is 17.0 Å². The number of rotatable bonds is 2. The van der Waals surface area contributed by atoms with Gasteiger partial charge in [-0.05, 0) is 30.7 Å². The minimum absolute atomic E-state index is 0.0586. The van der Waals surface area contributed by atoms with Crippen LogP contribution in [0.4, 0.5) is 0 Å². The number of carbonyl (C=O) groups is 1. The van der Waals surface area contributed by atoms with Crippen molar-refractivity contribution in [3.8, 4) is 0 Å². The van der Waals surface area contributed by atoms with Gasteiger partial charge in [-0.15, -0.1) is 0 Å². The molecule has 0 radical (unpaired) electrons. The SMILES string of the molecule is CC(C)(C)C(=O)N1CCCN(S(=O)(=O)c2ccc(Cl)cc2)CC1. The lowest BCUT2D eigenvalue weighted by molar-refractivity contribution is -0.139. The van der Waals surface area contributed by atoms with Crippen LogP contribution in [0.5, 0.6) is 0 Å². The van der Waals surface area contributed by atoms with Crippen molar-refractivity contribution >= 4 is 27.5 Å². The molecule has 1 aliphatic rings. The van der Waals surface area contributed by atoms with Crippen LogP contribution < -0.4 is 0 Å². The van der Waals surface area contributed by atoms with E-state index >= 15 is 0 Å². The predicted molar refractivity (Wildman–Crippen MR) is 90.9 cm³/mol. The molecule has 0 atom stereocenters. The molecule has 0 unspecified atom stereocenters. The minimum Gasteiger partial charge on any atom is -0.341 e. The topological polar surface area (TPSA) is 57.7 Å². The molecule has 7 heteroatoms. The average Bonchev–Trinajstić information content (AvgIpc) is 2.72. The Morgan fingerprint density at radius 1 is 1.04 bits per heavy atom. The monoisotopic (exact) mass is 358 g/mol. The summed E-state index contributed by atoms with van der Waals surface area (Å²) in [5.74, 6) is 0.0586. The maximum atomic E-state index is 12.7. The first-order chi connectivity index (χ1) is 10.6.